The fourth-order valence-electron chi connectivity index (χ4n) is 2.37. The van der Waals surface area contributed by atoms with Gasteiger partial charge in [-0.05, 0) is 26.8 Å². The van der Waals surface area contributed by atoms with Crippen LogP contribution in [0.25, 0.3) is 0 Å². The minimum Gasteiger partial charge on any atom is -0.394 e. The molecule has 0 saturated heterocycles. The lowest BCUT2D eigenvalue weighted by Gasteiger charge is -2.23. The van der Waals surface area contributed by atoms with Crippen LogP contribution in [0.5, 0.6) is 0 Å². The monoisotopic (exact) mass is 450 g/mol. The summed E-state index contributed by atoms with van der Waals surface area (Å²) in [5.41, 5.74) is -0.848. The second-order valence-electron chi connectivity index (χ2n) is 7.47. The van der Waals surface area contributed by atoms with Gasteiger partial charge in [0.1, 0.15) is 23.9 Å². The Morgan fingerprint density at radius 1 is 1.35 bits per heavy atom. The molecule has 0 aromatic carbocycles. The number of anilines is 3. The summed E-state index contributed by atoms with van der Waals surface area (Å²) >= 11 is 6.12. The first-order valence-electron chi connectivity index (χ1n) is 9.40. The molecule has 0 saturated carbocycles. The standard InChI is InChI=1S/C20H24ClFN6O3/c1-11(10-29)27-15-5-17(28-18-14(21)4-12(6-23)7-25-18)24-8-13(15)19(30)26-9-16(22)20(2,3)31/h4-5,7-8,11,16,29,31H,9-10H2,1-3H3,(H,26,30)(H2,24,25,27,28). The van der Waals surface area contributed by atoms with Crippen molar-refractivity contribution < 1.29 is 19.4 Å². The highest BCUT2D eigenvalue weighted by Crippen LogP contribution is 2.26. The van der Waals surface area contributed by atoms with E-state index in [0.717, 1.165) is 0 Å². The number of hydrogen-bond donors (Lipinski definition) is 5. The summed E-state index contributed by atoms with van der Waals surface area (Å²) in [6.45, 7) is 3.75. The first-order valence-corrected chi connectivity index (χ1v) is 9.77. The van der Waals surface area contributed by atoms with Gasteiger partial charge in [-0.2, -0.15) is 5.26 Å². The Bertz CT molecular complexity index is 976. The van der Waals surface area contributed by atoms with Crippen molar-refractivity contribution >= 4 is 34.8 Å². The summed E-state index contributed by atoms with van der Waals surface area (Å²) in [5, 5.41) is 36.5. The predicted molar refractivity (Wildman–Crippen MR) is 115 cm³/mol. The van der Waals surface area contributed by atoms with Crippen molar-refractivity contribution in [1.82, 2.24) is 15.3 Å². The van der Waals surface area contributed by atoms with Gasteiger partial charge in [0.2, 0.25) is 0 Å². The average Bonchev–Trinajstić information content (AvgIpc) is 2.72. The maximum Gasteiger partial charge on any atom is 0.255 e. The summed E-state index contributed by atoms with van der Waals surface area (Å²) in [7, 11) is 0. The molecule has 2 atom stereocenters. The van der Waals surface area contributed by atoms with E-state index in [-0.39, 0.29) is 35.6 Å². The number of hydrogen-bond acceptors (Lipinski definition) is 8. The van der Waals surface area contributed by atoms with Gasteiger partial charge in [-0.3, -0.25) is 4.79 Å². The molecule has 2 rings (SSSR count). The van der Waals surface area contributed by atoms with Gasteiger partial charge in [0.15, 0.2) is 0 Å². The van der Waals surface area contributed by atoms with Gasteiger partial charge in [-0.15, -0.1) is 0 Å². The van der Waals surface area contributed by atoms with Crippen LogP contribution in [-0.4, -0.2) is 57.1 Å². The average molecular weight is 451 g/mol. The van der Waals surface area contributed by atoms with Gasteiger partial charge in [0, 0.05) is 24.5 Å². The fourth-order valence-corrected chi connectivity index (χ4v) is 2.59. The number of carbonyl (C=O) groups excluding carboxylic acids is 1. The van der Waals surface area contributed by atoms with Crippen molar-refractivity contribution in [2.45, 2.75) is 38.6 Å². The minimum atomic E-state index is -1.66. The van der Waals surface area contributed by atoms with Crippen molar-refractivity contribution in [2.24, 2.45) is 0 Å². The zero-order valence-electron chi connectivity index (χ0n) is 17.3. The highest BCUT2D eigenvalue weighted by Gasteiger charge is 2.27. The number of nitriles is 1. The van der Waals surface area contributed by atoms with E-state index in [1.807, 2.05) is 6.07 Å². The number of pyridine rings is 2. The van der Waals surface area contributed by atoms with Crippen LogP contribution >= 0.6 is 11.6 Å². The molecule has 5 N–H and O–H groups in total. The first kappa shape index (κ1) is 24.3. The van der Waals surface area contributed by atoms with Crippen LogP contribution in [0.4, 0.5) is 21.7 Å². The molecule has 166 valence electrons. The molecule has 2 unspecified atom stereocenters. The lowest BCUT2D eigenvalue weighted by molar-refractivity contribution is -0.00177. The number of nitrogens with one attached hydrogen (secondary N) is 3. The van der Waals surface area contributed by atoms with E-state index in [4.69, 9.17) is 16.9 Å². The Morgan fingerprint density at radius 3 is 2.65 bits per heavy atom. The Balaban J connectivity index is 2.27. The third-order valence-corrected chi connectivity index (χ3v) is 4.54. The lowest BCUT2D eigenvalue weighted by atomic mass is 10.0. The summed E-state index contributed by atoms with van der Waals surface area (Å²) in [6, 6.07) is 4.51. The maximum absolute atomic E-state index is 14.0. The van der Waals surface area contributed by atoms with Crippen LogP contribution in [0.15, 0.2) is 24.5 Å². The minimum absolute atomic E-state index is 0.118. The zero-order valence-corrected chi connectivity index (χ0v) is 18.0. The molecular formula is C20H24ClFN6O3. The zero-order chi connectivity index (χ0) is 23.2. The molecule has 1 amide bonds. The summed E-state index contributed by atoms with van der Waals surface area (Å²) in [6.07, 6.45) is 0.959. The summed E-state index contributed by atoms with van der Waals surface area (Å²) < 4.78 is 14.0. The molecule has 0 bridgehead atoms. The largest absolute Gasteiger partial charge is 0.394 e. The maximum atomic E-state index is 14.0. The third-order valence-electron chi connectivity index (χ3n) is 4.25. The van der Waals surface area contributed by atoms with Gasteiger partial charge in [0.25, 0.3) is 5.91 Å². The molecule has 31 heavy (non-hydrogen) atoms. The highest BCUT2D eigenvalue weighted by molar-refractivity contribution is 6.33. The number of rotatable bonds is 9. The van der Waals surface area contributed by atoms with E-state index in [1.54, 1.807) is 6.92 Å². The van der Waals surface area contributed by atoms with E-state index >= 15 is 0 Å². The molecule has 0 aliphatic heterocycles. The number of alkyl halides is 1. The van der Waals surface area contributed by atoms with E-state index in [1.165, 1.54) is 38.4 Å². The van der Waals surface area contributed by atoms with Crippen LogP contribution in [0.3, 0.4) is 0 Å². The van der Waals surface area contributed by atoms with Crippen molar-refractivity contribution in [3.63, 3.8) is 0 Å². The predicted octanol–water partition coefficient (Wildman–Crippen LogP) is 2.38. The molecule has 2 heterocycles. The van der Waals surface area contributed by atoms with Crippen molar-refractivity contribution in [1.29, 1.82) is 5.26 Å². The molecule has 0 fully saturated rings. The number of aliphatic hydroxyl groups is 2. The SMILES string of the molecule is CC(CO)Nc1cc(Nc2ncc(C#N)cc2Cl)ncc1C(=O)NCC(F)C(C)(C)O. The van der Waals surface area contributed by atoms with Crippen molar-refractivity contribution in [3.8, 4) is 6.07 Å². The number of amides is 1. The highest BCUT2D eigenvalue weighted by atomic mass is 35.5. The van der Waals surface area contributed by atoms with Gasteiger partial charge in [-0.1, -0.05) is 11.6 Å². The fraction of sp³-hybridized carbons (Fsp3) is 0.400. The molecule has 0 aliphatic carbocycles. The third kappa shape index (κ3) is 6.75. The second-order valence-corrected chi connectivity index (χ2v) is 7.87. The van der Waals surface area contributed by atoms with Crippen LogP contribution in [-0.2, 0) is 0 Å². The molecule has 9 nitrogen and oxygen atoms in total. The number of aliphatic hydroxyl groups excluding tert-OH is 1. The van der Waals surface area contributed by atoms with Gasteiger partial charge >= 0.3 is 0 Å². The number of halogens is 2. The summed E-state index contributed by atoms with van der Waals surface area (Å²) in [5.74, 6) is -0.0479. The first-order chi connectivity index (χ1) is 14.5. The van der Waals surface area contributed by atoms with Gasteiger partial charge in [0.05, 0.1) is 40.6 Å². The Kier molecular flexibility index (Phi) is 8.10. The number of aromatic nitrogens is 2. The molecule has 2 aromatic rings. The van der Waals surface area contributed by atoms with E-state index < -0.39 is 17.7 Å². The van der Waals surface area contributed by atoms with Gasteiger partial charge in [-0.25, -0.2) is 14.4 Å². The van der Waals surface area contributed by atoms with E-state index in [2.05, 4.69) is 25.9 Å². The Labute approximate surface area is 184 Å². The quantitative estimate of drug-likeness (QED) is 0.391. The van der Waals surface area contributed by atoms with E-state index in [9.17, 15) is 19.4 Å². The van der Waals surface area contributed by atoms with Crippen LogP contribution < -0.4 is 16.0 Å². The second kappa shape index (κ2) is 10.3. The van der Waals surface area contributed by atoms with Crippen molar-refractivity contribution in [2.75, 3.05) is 23.8 Å². The lowest BCUT2D eigenvalue weighted by Crippen LogP contribution is -2.42. The van der Waals surface area contributed by atoms with E-state index in [0.29, 0.717) is 17.1 Å². The molecular weight excluding hydrogens is 427 g/mol. The summed E-state index contributed by atoms with van der Waals surface area (Å²) in [4.78, 5) is 20.8. The van der Waals surface area contributed by atoms with Crippen LogP contribution in [0, 0.1) is 11.3 Å². The molecule has 0 spiro atoms. The van der Waals surface area contributed by atoms with Crippen LogP contribution in [0.2, 0.25) is 5.02 Å². The number of nitrogens with zero attached hydrogens (tertiary/aromatic N) is 3. The van der Waals surface area contributed by atoms with Gasteiger partial charge < -0.3 is 26.2 Å². The molecule has 0 radical (unpaired) electrons. The molecule has 2 aromatic heterocycles. The Hall–Kier alpha value is -3.00. The smallest absolute Gasteiger partial charge is 0.255 e. The van der Waals surface area contributed by atoms with Crippen LogP contribution in [0.1, 0.15) is 36.7 Å². The molecule has 11 heteroatoms. The molecule has 0 aliphatic rings. The topological polar surface area (TPSA) is 143 Å². The number of carbonyl (C=O) groups is 1. The van der Waals surface area contributed by atoms with Crippen molar-refractivity contribution in [3.05, 3.63) is 40.7 Å². The normalized spacial score (nSPS) is 13.1. The Morgan fingerprint density at radius 2 is 2.06 bits per heavy atom.